The lowest BCUT2D eigenvalue weighted by atomic mass is 10.1. The van der Waals surface area contributed by atoms with Gasteiger partial charge in [-0.3, -0.25) is 5.32 Å². The highest BCUT2D eigenvalue weighted by molar-refractivity contribution is 4.67. The Bertz CT molecular complexity index is 120. The van der Waals surface area contributed by atoms with Gasteiger partial charge in [0.25, 0.3) is 0 Å². The summed E-state index contributed by atoms with van der Waals surface area (Å²) >= 11 is 0. The molecule has 0 saturated carbocycles. The summed E-state index contributed by atoms with van der Waals surface area (Å²) in [6, 6.07) is 0. The topological polar surface area (TPSA) is 24.5 Å². The summed E-state index contributed by atoms with van der Waals surface area (Å²) in [6.07, 6.45) is 1.36. The van der Waals surface area contributed by atoms with Crippen molar-refractivity contribution in [1.29, 1.82) is 0 Å². The minimum absolute atomic E-state index is 0.281. The van der Waals surface area contributed by atoms with E-state index in [4.69, 9.17) is 4.74 Å². The average molecular weight is 172 g/mol. The summed E-state index contributed by atoms with van der Waals surface area (Å²) in [5.74, 6) is 0.667. The Morgan fingerprint density at radius 3 is 2.75 bits per heavy atom. The third kappa shape index (κ3) is 3.52. The fourth-order valence-electron chi connectivity index (χ4n) is 1.29. The molecule has 3 nitrogen and oxygen atoms in total. The Hall–Kier alpha value is -0.120. The van der Waals surface area contributed by atoms with Crippen LogP contribution < -0.4 is 5.32 Å². The van der Waals surface area contributed by atoms with Crippen molar-refractivity contribution >= 4 is 0 Å². The summed E-state index contributed by atoms with van der Waals surface area (Å²) in [7, 11) is 4.18. The van der Waals surface area contributed by atoms with Crippen LogP contribution in [0.25, 0.3) is 0 Å². The SMILES string of the molecule is CC1CNC(CCN(C)C)OC1. The predicted octanol–water partition coefficient (Wildman–Crippen LogP) is 0.520. The summed E-state index contributed by atoms with van der Waals surface area (Å²) in [6.45, 7) is 5.30. The number of hydrogen-bond acceptors (Lipinski definition) is 3. The highest BCUT2D eigenvalue weighted by Crippen LogP contribution is 2.06. The third-order valence-corrected chi connectivity index (χ3v) is 2.11. The van der Waals surface area contributed by atoms with Crippen molar-refractivity contribution in [2.45, 2.75) is 19.6 Å². The Labute approximate surface area is 75.1 Å². The second-order valence-corrected chi connectivity index (χ2v) is 3.93. The molecule has 3 heteroatoms. The van der Waals surface area contributed by atoms with Gasteiger partial charge in [-0.1, -0.05) is 6.92 Å². The molecule has 0 aromatic carbocycles. The van der Waals surface area contributed by atoms with Crippen LogP contribution >= 0.6 is 0 Å². The van der Waals surface area contributed by atoms with E-state index in [0.717, 1.165) is 26.1 Å². The van der Waals surface area contributed by atoms with E-state index in [2.05, 4.69) is 31.2 Å². The lowest BCUT2D eigenvalue weighted by Crippen LogP contribution is -2.43. The molecule has 12 heavy (non-hydrogen) atoms. The first-order chi connectivity index (χ1) is 5.68. The van der Waals surface area contributed by atoms with E-state index in [9.17, 15) is 0 Å². The zero-order valence-electron chi connectivity index (χ0n) is 8.34. The Balaban J connectivity index is 2.09. The van der Waals surface area contributed by atoms with Crippen LogP contribution in [0.2, 0.25) is 0 Å². The summed E-state index contributed by atoms with van der Waals surface area (Å²) < 4.78 is 5.60. The van der Waals surface area contributed by atoms with E-state index in [1.165, 1.54) is 0 Å². The van der Waals surface area contributed by atoms with E-state index >= 15 is 0 Å². The third-order valence-electron chi connectivity index (χ3n) is 2.11. The molecule has 0 amide bonds. The maximum absolute atomic E-state index is 5.60. The van der Waals surface area contributed by atoms with Crippen molar-refractivity contribution in [3.05, 3.63) is 0 Å². The molecule has 1 aliphatic heterocycles. The van der Waals surface area contributed by atoms with Gasteiger partial charge in [0.2, 0.25) is 0 Å². The van der Waals surface area contributed by atoms with Gasteiger partial charge in [0, 0.05) is 13.1 Å². The number of rotatable bonds is 3. The summed E-state index contributed by atoms with van der Waals surface area (Å²) in [5.41, 5.74) is 0. The van der Waals surface area contributed by atoms with Crippen molar-refractivity contribution in [3.63, 3.8) is 0 Å². The van der Waals surface area contributed by atoms with E-state index in [-0.39, 0.29) is 6.23 Å². The highest BCUT2D eigenvalue weighted by Gasteiger charge is 2.16. The van der Waals surface area contributed by atoms with Crippen LogP contribution in [0.4, 0.5) is 0 Å². The van der Waals surface area contributed by atoms with Gasteiger partial charge >= 0.3 is 0 Å². The summed E-state index contributed by atoms with van der Waals surface area (Å²) in [5, 5.41) is 3.38. The normalized spacial score (nSPS) is 31.0. The van der Waals surface area contributed by atoms with E-state index < -0.39 is 0 Å². The second kappa shape index (κ2) is 4.80. The van der Waals surface area contributed by atoms with Crippen LogP contribution in [-0.2, 0) is 4.74 Å². The van der Waals surface area contributed by atoms with E-state index in [1.807, 2.05) is 0 Å². The van der Waals surface area contributed by atoms with Crippen molar-refractivity contribution in [2.75, 3.05) is 33.8 Å². The molecule has 1 saturated heterocycles. The fourth-order valence-corrected chi connectivity index (χ4v) is 1.29. The van der Waals surface area contributed by atoms with Gasteiger partial charge < -0.3 is 9.64 Å². The zero-order valence-corrected chi connectivity index (χ0v) is 8.34. The smallest absolute Gasteiger partial charge is 0.109 e. The molecule has 0 bridgehead atoms. The first-order valence-electron chi connectivity index (χ1n) is 4.68. The van der Waals surface area contributed by atoms with Gasteiger partial charge in [-0.15, -0.1) is 0 Å². The number of hydrogen-bond donors (Lipinski definition) is 1. The number of nitrogens with one attached hydrogen (secondary N) is 1. The Kier molecular flexibility index (Phi) is 3.98. The number of nitrogens with zero attached hydrogens (tertiary/aromatic N) is 1. The molecule has 0 radical (unpaired) electrons. The molecule has 2 atom stereocenters. The standard InChI is InChI=1S/C9H20N2O/c1-8-6-10-9(12-7-8)4-5-11(2)3/h8-10H,4-7H2,1-3H3. The van der Waals surface area contributed by atoms with Crippen molar-refractivity contribution in [1.82, 2.24) is 10.2 Å². The van der Waals surface area contributed by atoms with Gasteiger partial charge in [-0.05, 0) is 26.4 Å². The van der Waals surface area contributed by atoms with Crippen molar-refractivity contribution in [2.24, 2.45) is 5.92 Å². The largest absolute Gasteiger partial charge is 0.363 e. The molecule has 1 fully saturated rings. The van der Waals surface area contributed by atoms with Crippen LogP contribution in [0.15, 0.2) is 0 Å². The number of ether oxygens (including phenoxy) is 1. The molecule has 2 unspecified atom stereocenters. The molecular formula is C9H20N2O. The first kappa shape index (κ1) is 9.96. The average Bonchev–Trinajstić information content (AvgIpc) is 2.03. The van der Waals surface area contributed by atoms with Gasteiger partial charge in [0.15, 0.2) is 0 Å². The van der Waals surface area contributed by atoms with E-state index in [1.54, 1.807) is 0 Å². The lowest BCUT2D eigenvalue weighted by molar-refractivity contribution is -0.0303. The zero-order chi connectivity index (χ0) is 8.97. The Morgan fingerprint density at radius 2 is 2.25 bits per heavy atom. The minimum atomic E-state index is 0.281. The molecule has 0 spiro atoms. The minimum Gasteiger partial charge on any atom is -0.363 e. The van der Waals surface area contributed by atoms with Crippen LogP contribution in [0, 0.1) is 5.92 Å². The van der Waals surface area contributed by atoms with E-state index in [0.29, 0.717) is 5.92 Å². The van der Waals surface area contributed by atoms with Crippen LogP contribution in [0.1, 0.15) is 13.3 Å². The second-order valence-electron chi connectivity index (χ2n) is 3.93. The van der Waals surface area contributed by atoms with Gasteiger partial charge in [0.05, 0.1) is 6.61 Å². The Morgan fingerprint density at radius 1 is 1.50 bits per heavy atom. The molecule has 1 rings (SSSR count). The van der Waals surface area contributed by atoms with Gasteiger partial charge in [-0.2, -0.15) is 0 Å². The van der Waals surface area contributed by atoms with Crippen LogP contribution in [-0.4, -0.2) is 44.9 Å². The first-order valence-corrected chi connectivity index (χ1v) is 4.68. The molecule has 1 aliphatic rings. The monoisotopic (exact) mass is 172 g/mol. The van der Waals surface area contributed by atoms with Crippen LogP contribution in [0.5, 0.6) is 0 Å². The lowest BCUT2D eigenvalue weighted by Gasteiger charge is -2.29. The quantitative estimate of drug-likeness (QED) is 0.671. The molecular weight excluding hydrogens is 152 g/mol. The maximum atomic E-state index is 5.60. The molecule has 1 heterocycles. The van der Waals surface area contributed by atoms with Crippen molar-refractivity contribution in [3.8, 4) is 0 Å². The van der Waals surface area contributed by atoms with Gasteiger partial charge in [-0.25, -0.2) is 0 Å². The highest BCUT2D eigenvalue weighted by atomic mass is 16.5. The maximum Gasteiger partial charge on any atom is 0.109 e. The van der Waals surface area contributed by atoms with Crippen molar-refractivity contribution < 1.29 is 4.74 Å². The summed E-state index contributed by atoms with van der Waals surface area (Å²) in [4.78, 5) is 2.18. The molecule has 0 aromatic rings. The molecule has 72 valence electrons. The molecule has 0 aromatic heterocycles. The molecule has 1 N–H and O–H groups in total. The predicted molar refractivity (Wildman–Crippen MR) is 50.1 cm³/mol. The van der Waals surface area contributed by atoms with Crippen LogP contribution in [0.3, 0.4) is 0 Å². The fraction of sp³-hybridized carbons (Fsp3) is 1.00. The molecule has 0 aliphatic carbocycles. The van der Waals surface area contributed by atoms with Gasteiger partial charge in [0.1, 0.15) is 6.23 Å².